The minimum Gasteiger partial charge on any atom is -0.497 e. The molecular formula is C32H31ClN4O2. The van der Waals surface area contributed by atoms with E-state index in [9.17, 15) is 4.79 Å². The van der Waals surface area contributed by atoms with E-state index in [0.29, 0.717) is 24.4 Å². The quantitative estimate of drug-likeness (QED) is 0.460. The van der Waals surface area contributed by atoms with Crippen molar-refractivity contribution in [2.24, 2.45) is 0 Å². The van der Waals surface area contributed by atoms with Crippen molar-refractivity contribution in [3.05, 3.63) is 125 Å². The van der Waals surface area contributed by atoms with E-state index in [0.717, 1.165) is 35.9 Å². The number of fused-ring (bicyclic) bond motifs is 1. The molecule has 3 aromatic carbocycles. The number of ether oxygens (including phenoxy) is 1. The normalized spacial score (nSPS) is 19.0. The number of halogens is 1. The molecule has 1 N–H and O–H groups in total. The van der Waals surface area contributed by atoms with Crippen molar-refractivity contribution in [3.8, 4) is 5.75 Å². The van der Waals surface area contributed by atoms with Crippen LogP contribution in [0.15, 0.2) is 103 Å². The first kappa shape index (κ1) is 25.3. The number of carbonyl (C=O) groups excluding carboxylic acids is 1. The average molecular weight is 539 g/mol. The van der Waals surface area contributed by atoms with Crippen LogP contribution in [0.2, 0.25) is 5.02 Å². The molecule has 0 radical (unpaired) electrons. The van der Waals surface area contributed by atoms with E-state index >= 15 is 0 Å². The predicted molar refractivity (Wildman–Crippen MR) is 156 cm³/mol. The smallest absolute Gasteiger partial charge is 0.254 e. The Bertz CT molecular complexity index is 1440. The minimum atomic E-state index is 0.0498. The van der Waals surface area contributed by atoms with Gasteiger partial charge in [0.05, 0.1) is 18.5 Å². The second kappa shape index (κ2) is 11.0. The summed E-state index contributed by atoms with van der Waals surface area (Å²) in [6.07, 6.45) is 6.70. The number of benzene rings is 3. The maximum atomic E-state index is 13.1. The van der Waals surface area contributed by atoms with Crippen molar-refractivity contribution in [1.82, 2.24) is 20.0 Å². The maximum Gasteiger partial charge on any atom is 0.254 e. The summed E-state index contributed by atoms with van der Waals surface area (Å²) in [5.41, 5.74) is 6.47. The van der Waals surface area contributed by atoms with Gasteiger partial charge < -0.3 is 19.9 Å². The van der Waals surface area contributed by atoms with Crippen LogP contribution in [0, 0.1) is 0 Å². The average Bonchev–Trinajstić information content (AvgIpc) is 3.35. The number of piperazine rings is 1. The summed E-state index contributed by atoms with van der Waals surface area (Å²) in [5.74, 6) is 0.747. The lowest BCUT2D eigenvalue weighted by Crippen LogP contribution is -2.49. The van der Waals surface area contributed by atoms with E-state index in [4.69, 9.17) is 16.3 Å². The molecule has 1 amide bonds. The SMILES string of the molecule is COc1cccc(C(=O)N2CCN(CC3=C(c4ccc(Cl)cc4)NC4C=CC(c5ccccc5)=CN34)CC2)c1. The molecule has 0 spiro atoms. The molecule has 198 valence electrons. The maximum absolute atomic E-state index is 13.1. The third-order valence-corrected chi connectivity index (χ3v) is 7.77. The number of carbonyl (C=O) groups is 1. The highest BCUT2D eigenvalue weighted by molar-refractivity contribution is 6.30. The molecule has 6 nitrogen and oxygen atoms in total. The largest absolute Gasteiger partial charge is 0.497 e. The summed E-state index contributed by atoms with van der Waals surface area (Å²) in [4.78, 5) is 19.9. The molecule has 1 fully saturated rings. The van der Waals surface area contributed by atoms with E-state index in [2.05, 4.69) is 69.9 Å². The van der Waals surface area contributed by atoms with Gasteiger partial charge >= 0.3 is 0 Å². The van der Waals surface area contributed by atoms with Crippen molar-refractivity contribution >= 4 is 28.8 Å². The second-order valence-electron chi connectivity index (χ2n) is 9.93. The van der Waals surface area contributed by atoms with Crippen LogP contribution in [0.1, 0.15) is 21.5 Å². The van der Waals surface area contributed by atoms with E-state index < -0.39 is 0 Å². The topological polar surface area (TPSA) is 48.1 Å². The van der Waals surface area contributed by atoms with Gasteiger partial charge in [0.15, 0.2) is 0 Å². The summed E-state index contributed by atoms with van der Waals surface area (Å²) in [6.45, 7) is 3.74. The number of rotatable bonds is 6. The molecule has 0 aromatic heterocycles. The van der Waals surface area contributed by atoms with Gasteiger partial charge in [0.2, 0.25) is 0 Å². The third kappa shape index (κ3) is 5.31. The van der Waals surface area contributed by atoms with Crippen molar-refractivity contribution in [2.75, 3.05) is 39.8 Å². The van der Waals surface area contributed by atoms with Crippen molar-refractivity contribution in [2.45, 2.75) is 6.17 Å². The first-order chi connectivity index (χ1) is 19.1. The summed E-state index contributed by atoms with van der Waals surface area (Å²) in [7, 11) is 1.62. The highest BCUT2D eigenvalue weighted by atomic mass is 35.5. The molecule has 6 rings (SSSR count). The number of allylic oxidation sites excluding steroid dienone is 2. The zero-order valence-electron chi connectivity index (χ0n) is 21.9. The molecule has 0 aliphatic carbocycles. The first-order valence-corrected chi connectivity index (χ1v) is 13.6. The van der Waals surface area contributed by atoms with Gasteiger partial charge in [0.25, 0.3) is 5.91 Å². The number of hydrogen-bond donors (Lipinski definition) is 1. The standard InChI is InChI=1S/C32H31ClN4O2/c1-39-28-9-5-8-25(20-28)32(38)36-18-16-35(17-19-36)22-29-31(24-10-13-27(33)14-11-24)34-30-15-12-26(21-37(29)30)23-6-3-2-4-7-23/h2-15,20-21,30,34H,16-19,22H2,1H3. The van der Waals surface area contributed by atoms with Gasteiger partial charge in [0, 0.05) is 49.5 Å². The Hall–Kier alpha value is -4.00. The van der Waals surface area contributed by atoms with Crippen molar-refractivity contribution < 1.29 is 9.53 Å². The molecule has 3 heterocycles. The Morgan fingerprint density at radius 3 is 2.46 bits per heavy atom. The van der Waals surface area contributed by atoms with Crippen LogP contribution in [0.4, 0.5) is 0 Å². The van der Waals surface area contributed by atoms with Crippen LogP contribution in [0.3, 0.4) is 0 Å². The molecule has 7 heteroatoms. The van der Waals surface area contributed by atoms with Gasteiger partial charge in [-0.25, -0.2) is 0 Å². The van der Waals surface area contributed by atoms with Crippen LogP contribution in [0.25, 0.3) is 11.3 Å². The molecule has 1 atom stereocenters. The summed E-state index contributed by atoms with van der Waals surface area (Å²) in [6, 6.07) is 25.9. The lowest BCUT2D eigenvalue weighted by molar-refractivity contribution is 0.0642. The Kier molecular flexibility index (Phi) is 7.14. The number of methoxy groups -OCH3 is 1. The van der Waals surface area contributed by atoms with Gasteiger partial charge in [-0.3, -0.25) is 9.69 Å². The fourth-order valence-corrected chi connectivity index (χ4v) is 5.50. The monoisotopic (exact) mass is 538 g/mol. The number of hydrogen-bond acceptors (Lipinski definition) is 5. The van der Waals surface area contributed by atoms with E-state index in [1.165, 1.54) is 16.8 Å². The molecule has 3 aliphatic rings. The Morgan fingerprint density at radius 2 is 1.72 bits per heavy atom. The van der Waals surface area contributed by atoms with Gasteiger partial charge in [-0.2, -0.15) is 0 Å². The Balaban J connectivity index is 1.23. The van der Waals surface area contributed by atoms with Gasteiger partial charge in [-0.1, -0.05) is 66.2 Å². The minimum absolute atomic E-state index is 0.0498. The van der Waals surface area contributed by atoms with Crippen LogP contribution in [0.5, 0.6) is 5.75 Å². The molecule has 3 aliphatic heterocycles. The highest BCUT2D eigenvalue weighted by Crippen LogP contribution is 2.34. The summed E-state index contributed by atoms with van der Waals surface area (Å²) in [5, 5.41) is 4.45. The molecule has 1 saturated heterocycles. The molecule has 39 heavy (non-hydrogen) atoms. The molecule has 0 bridgehead atoms. The van der Waals surface area contributed by atoms with E-state index in [1.54, 1.807) is 7.11 Å². The lowest BCUT2D eigenvalue weighted by Gasteiger charge is -2.36. The van der Waals surface area contributed by atoms with Crippen molar-refractivity contribution in [3.63, 3.8) is 0 Å². The number of nitrogens with zero attached hydrogens (tertiary/aromatic N) is 3. The van der Waals surface area contributed by atoms with E-state index in [-0.39, 0.29) is 12.1 Å². The van der Waals surface area contributed by atoms with Gasteiger partial charge in [0.1, 0.15) is 11.9 Å². The van der Waals surface area contributed by atoms with Crippen LogP contribution < -0.4 is 10.1 Å². The number of amides is 1. The summed E-state index contributed by atoms with van der Waals surface area (Å²) < 4.78 is 5.30. The molecule has 0 saturated carbocycles. The Labute approximate surface area is 234 Å². The fourth-order valence-electron chi connectivity index (χ4n) is 5.37. The number of nitrogens with one attached hydrogen (secondary N) is 1. The fraction of sp³-hybridized carbons (Fsp3) is 0.219. The van der Waals surface area contributed by atoms with Crippen LogP contribution in [-0.4, -0.2) is 66.6 Å². The zero-order valence-corrected chi connectivity index (χ0v) is 22.6. The Morgan fingerprint density at radius 1 is 0.949 bits per heavy atom. The molecule has 3 aromatic rings. The molecular weight excluding hydrogens is 508 g/mol. The first-order valence-electron chi connectivity index (χ1n) is 13.2. The molecule has 1 unspecified atom stereocenters. The van der Waals surface area contributed by atoms with Gasteiger partial charge in [-0.05, 0) is 53.1 Å². The zero-order chi connectivity index (χ0) is 26.8. The predicted octanol–water partition coefficient (Wildman–Crippen LogP) is 5.32. The summed E-state index contributed by atoms with van der Waals surface area (Å²) >= 11 is 6.20. The van der Waals surface area contributed by atoms with E-state index in [1.807, 2.05) is 47.4 Å². The van der Waals surface area contributed by atoms with Crippen LogP contribution >= 0.6 is 11.6 Å². The van der Waals surface area contributed by atoms with Crippen molar-refractivity contribution in [1.29, 1.82) is 0 Å². The van der Waals surface area contributed by atoms with Gasteiger partial charge in [-0.15, -0.1) is 0 Å². The highest BCUT2D eigenvalue weighted by Gasteiger charge is 2.33. The third-order valence-electron chi connectivity index (χ3n) is 7.52. The van der Waals surface area contributed by atoms with Crippen LogP contribution in [-0.2, 0) is 0 Å². The lowest BCUT2D eigenvalue weighted by atomic mass is 10.0. The second-order valence-corrected chi connectivity index (χ2v) is 10.4.